The van der Waals surface area contributed by atoms with Crippen molar-refractivity contribution in [1.29, 1.82) is 0 Å². The molecule has 1 aliphatic heterocycles. The number of nitrogens with zero attached hydrogens (tertiary/aromatic N) is 2. The molecule has 2 heterocycles. The second kappa shape index (κ2) is 8.08. The first-order chi connectivity index (χ1) is 12.7. The highest BCUT2D eigenvalue weighted by Crippen LogP contribution is 2.29. The predicted octanol–water partition coefficient (Wildman–Crippen LogP) is 3.33. The molecule has 1 aromatic carbocycles. The number of benzene rings is 1. The maximum absolute atomic E-state index is 13.9. The zero-order chi connectivity index (χ0) is 19.6. The first-order valence-corrected chi connectivity index (χ1v) is 10.8. The van der Waals surface area contributed by atoms with Gasteiger partial charge in [0, 0.05) is 20.1 Å². The van der Waals surface area contributed by atoms with Crippen molar-refractivity contribution in [1.82, 2.24) is 9.21 Å². The Hall–Kier alpha value is -1.77. The molecule has 5 nitrogen and oxygen atoms in total. The third-order valence-corrected chi connectivity index (χ3v) is 6.22. The smallest absolute Gasteiger partial charge is 0.210 e. The molecule has 0 radical (unpaired) electrons. The Labute approximate surface area is 158 Å². The van der Waals surface area contributed by atoms with Gasteiger partial charge in [-0.3, -0.25) is 4.90 Å². The maximum Gasteiger partial charge on any atom is 0.210 e. The molecule has 0 bridgehead atoms. The van der Waals surface area contributed by atoms with Crippen LogP contribution in [0.4, 0.5) is 8.78 Å². The zero-order valence-corrected chi connectivity index (χ0v) is 16.3. The van der Waals surface area contributed by atoms with E-state index in [-0.39, 0.29) is 17.2 Å². The molecule has 8 heteroatoms. The molecule has 0 aliphatic carbocycles. The maximum atomic E-state index is 13.9. The van der Waals surface area contributed by atoms with E-state index in [1.807, 2.05) is 0 Å². The van der Waals surface area contributed by atoms with Crippen LogP contribution in [0.3, 0.4) is 0 Å². The number of furan rings is 1. The standard InChI is InChI=1S/C19H24F2N2O3S/c1-22(27(2,24)25)11-14-5-4-10-23(12-14)13-15-8-9-18(26-15)19-16(20)6-3-7-17(19)21/h3,6-9,14H,4-5,10-13H2,1-2H3. The van der Waals surface area contributed by atoms with Crippen molar-refractivity contribution in [3.63, 3.8) is 0 Å². The van der Waals surface area contributed by atoms with E-state index in [0.29, 0.717) is 18.8 Å². The van der Waals surface area contributed by atoms with Crippen LogP contribution in [0.25, 0.3) is 11.3 Å². The van der Waals surface area contributed by atoms with E-state index in [9.17, 15) is 17.2 Å². The number of halogens is 2. The van der Waals surface area contributed by atoms with Gasteiger partial charge >= 0.3 is 0 Å². The molecule has 0 saturated carbocycles. The SMILES string of the molecule is CN(CC1CCCN(Cc2ccc(-c3c(F)cccc3F)o2)C1)S(C)(=O)=O. The van der Waals surface area contributed by atoms with Gasteiger partial charge in [0.25, 0.3) is 0 Å². The lowest BCUT2D eigenvalue weighted by Gasteiger charge is -2.33. The molecule has 1 unspecified atom stereocenters. The van der Waals surface area contributed by atoms with Crippen LogP contribution in [-0.2, 0) is 16.6 Å². The fourth-order valence-corrected chi connectivity index (χ4v) is 3.98. The average molecular weight is 398 g/mol. The van der Waals surface area contributed by atoms with Crippen LogP contribution >= 0.6 is 0 Å². The minimum absolute atomic E-state index is 0.157. The molecule has 1 aliphatic rings. The summed E-state index contributed by atoms with van der Waals surface area (Å²) in [5.74, 6) is -0.261. The van der Waals surface area contributed by atoms with Crippen molar-refractivity contribution in [2.24, 2.45) is 5.92 Å². The molecule has 2 aromatic rings. The lowest BCUT2D eigenvalue weighted by molar-refractivity contribution is 0.146. The second-order valence-corrected chi connectivity index (χ2v) is 9.24. The van der Waals surface area contributed by atoms with Crippen LogP contribution in [0.15, 0.2) is 34.7 Å². The van der Waals surface area contributed by atoms with Crippen LogP contribution in [0.1, 0.15) is 18.6 Å². The summed E-state index contributed by atoms with van der Waals surface area (Å²) >= 11 is 0. The van der Waals surface area contributed by atoms with E-state index in [0.717, 1.165) is 25.9 Å². The largest absolute Gasteiger partial charge is 0.460 e. The van der Waals surface area contributed by atoms with E-state index in [1.54, 1.807) is 19.2 Å². The van der Waals surface area contributed by atoms with E-state index in [1.165, 1.54) is 28.8 Å². The van der Waals surface area contributed by atoms with E-state index in [2.05, 4.69) is 4.90 Å². The monoisotopic (exact) mass is 398 g/mol. The van der Waals surface area contributed by atoms with Crippen LogP contribution in [0.5, 0.6) is 0 Å². The summed E-state index contributed by atoms with van der Waals surface area (Å²) in [5, 5.41) is 0. The second-order valence-electron chi connectivity index (χ2n) is 7.15. The summed E-state index contributed by atoms with van der Waals surface area (Å²) in [6.45, 7) is 2.64. The first kappa shape index (κ1) is 20.0. The summed E-state index contributed by atoms with van der Waals surface area (Å²) in [6, 6.07) is 7.03. The number of rotatable bonds is 6. The van der Waals surface area contributed by atoms with Crippen LogP contribution < -0.4 is 0 Å². The average Bonchev–Trinajstić information content (AvgIpc) is 3.02. The summed E-state index contributed by atoms with van der Waals surface area (Å²) in [6.07, 6.45) is 3.15. The summed E-state index contributed by atoms with van der Waals surface area (Å²) in [7, 11) is -1.60. The predicted molar refractivity (Wildman–Crippen MR) is 99.5 cm³/mol. The molecule has 27 heavy (non-hydrogen) atoms. The molecular formula is C19H24F2N2O3S. The van der Waals surface area contributed by atoms with Gasteiger partial charge in [-0.2, -0.15) is 0 Å². The Balaban J connectivity index is 1.65. The van der Waals surface area contributed by atoms with Gasteiger partial charge in [-0.05, 0) is 49.6 Å². The Morgan fingerprint density at radius 1 is 1.22 bits per heavy atom. The highest BCUT2D eigenvalue weighted by Gasteiger charge is 2.24. The minimum atomic E-state index is -3.19. The summed E-state index contributed by atoms with van der Waals surface area (Å²) in [4.78, 5) is 2.19. The van der Waals surface area contributed by atoms with Crippen LogP contribution in [-0.4, -0.2) is 50.6 Å². The Morgan fingerprint density at radius 2 is 1.93 bits per heavy atom. The molecule has 0 N–H and O–H groups in total. The number of likely N-dealkylation sites (tertiary alicyclic amines) is 1. The van der Waals surface area contributed by atoms with Crippen molar-refractivity contribution in [3.8, 4) is 11.3 Å². The Bertz CT molecular complexity index is 878. The highest BCUT2D eigenvalue weighted by atomic mass is 32.2. The Kier molecular flexibility index (Phi) is 5.98. The lowest BCUT2D eigenvalue weighted by atomic mass is 9.98. The third-order valence-electron chi connectivity index (χ3n) is 4.93. The summed E-state index contributed by atoms with van der Waals surface area (Å²) in [5.41, 5.74) is -0.157. The molecule has 0 amide bonds. The topological polar surface area (TPSA) is 53.8 Å². The van der Waals surface area contributed by atoms with Gasteiger partial charge in [-0.1, -0.05) is 6.07 Å². The zero-order valence-electron chi connectivity index (χ0n) is 15.5. The van der Waals surface area contributed by atoms with E-state index < -0.39 is 21.7 Å². The van der Waals surface area contributed by atoms with Crippen molar-refractivity contribution < 1.29 is 21.6 Å². The van der Waals surface area contributed by atoms with Crippen molar-refractivity contribution in [3.05, 3.63) is 47.7 Å². The molecule has 1 aromatic heterocycles. The van der Waals surface area contributed by atoms with Crippen molar-refractivity contribution >= 4 is 10.0 Å². The first-order valence-electron chi connectivity index (χ1n) is 8.91. The van der Waals surface area contributed by atoms with Crippen LogP contribution in [0, 0.1) is 17.6 Å². The number of hydrogen-bond acceptors (Lipinski definition) is 4. The third kappa shape index (κ3) is 4.94. The normalized spacial score (nSPS) is 18.9. The van der Waals surface area contributed by atoms with Gasteiger partial charge in [-0.15, -0.1) is 0 Å². The van der Waals surface area contributed by atoms with Gasteiger partial charge in [0.15, 0.2) is 0 Å². The van der Waals surface area contributed by atoms with Gasteiger partial charge < -0.3 is 4.42 Å². The fourth-order valence-electron chi connectivity index (χ4n) is 3.49. The Morgan fingerprint density at radius 3 is 2.59 bits per heavy atom. The fraction of sp³-hybridized carbons (Fsp3) is 0.474. The number of hydrogen-bond donors (Lipinski definition) is 0. The summed E-state index contributed by atoms with van der Waals surface area (Å²) < 4.78 is 58.1. The van der Waals surface area contributed by atoms with Gasteiger partial charge in [-0.25, -0.2) is 21.5 Å². The molecule has 1 atom stereocenters. The van der Waals surface area contributed by atoms with Crippen LogP contribution in [0.2, 0.25) is 0 Å². The molecule has 3 rings (SSSR count). The van der Waals surface area contributed by atoms with Gasteiger partial charge in [0.05, 0.1) is 18.4 Å². The quantitative estimate of drug-likeness (QED) is 0.749. The van der Waals surface area contributed by atoms with Crippen molar-refractivity contribution in [2.45, 2.75) is 19.4 Å². The number of piperidine rings is 1. The highest BCUT2D eigenvalue weighted by molar-refractivity contribution is 7.88. The van der Waals surface area contributed by atoms with Gasteiger partial charge in [0.1, 0.15) is 23.2 Å². The number of sulfonamides is 1. The molecule has 1 fully saturated rings. The van der Waals surface area contributed by atoms with E-state index in [4.69, 9.17) is 4.42 Å². The molecule has 148 valence electrons. The van der Waals surface area contributed by atoms with E-state index >= 15 is 0 Å². The van der Waals surface area contributed by atoms with Gasteiger partial charge in [0.2, 0.25) is 10.0 Å². The molecular weight excluding hydrogens is 374 g/mol. The lowest BCUT2D eigenvalue weighted by Crippen LogP contribution is -2.40. The molecule has 0 spiro atoms. The van der Waals surface area contributed by atoms with Crippen molar-refractivity contribution in [2.75, 3.05) is 32.9 Å². The minimum Gasteiger partial charge on any atom is -0.460 e. The molecule has 1 saturated heterocycles.